The molecule has 3 rings (SSSR count). The number of sulfonamides is 1. The molecule has 9 heteroatoms. The number of aryl methyl sites for hydroxylation is 2. The van der Waals surface area contributed by atoms with E-state index in [1.54, 1.807) is 42.1 Å². The summed E-state index contributed by atoms with van der Waals surface area (Å²) in [5, 5.41) is 10.7. The Kier molecular flexibility index (Phi) is 7.20. The number of pyridine rings is 1. The maximum absolute atomic E-state index is 13.6. The summed E-state index contributed by atoms with van der Waals surface area (Å²) in [6.45, 7) is 4.68. The van der Waals surface area contributed by atoms with Crippen LogP contribution >= 0.6 is 0 Å². The van der Waals surface area contributed by atoms with Gasteiger partial charge in [-0.1, -0.05) is 26.3 Å². The van der Waals surface area contributed by atoms with Crippen molar-refractivity contribution in [1.82, 2.24) is 14.3 Å². The fourth-order valence-corrected chi connectivity index (χ4v) is 4.13. The standard InChI is InChI=1S/C23H29N3O5S/c1-5-15(2)14-31-17-7-6-16(9-11-32(29,30)24-3)19(12-17)22(27)20-13-26(4)21-18(20)8-10-25-23(21)28/h6-8,10,12-13,15,24H,5,9,11,14H2,1-4H3,(H,25,28). The summed E-state index contributed by atoms with van der Waals surface area (Å²) in [5.74, 6) is 0.348. The van der Waals surface area contributed by atoms with Crippen LogP contribution in [0.5, 0.6) is 11.6 Å². The van der Waals surface area contributed by atoms with Gasteiger partial charge in [0.1, 0.15) is 11.3 Å². The highest BCUT2D eigenvalue weighted by atomic mass is 32.2. The van der Waals surface area contributed by atoms with Gasteiger partial charge in [-0.15, -0.1) is 0 Å². The van der Waals surface area contributed by atoms with Gasteiger partial charge in [0.15, 0.2) is 5.78 Å². The van der Waals surface area contributed by atoms with Crippen LogP contribution in [0.15, 0.2) is 36.7 Å². The molecule has 0 aliphatic carbocycles. The van der Waals surface area contributed by atoms with Crippen LogP contribution in [-0.2, 0) is 23.5 Å². The molecule has 0 bridgehead atoms. The molecule has 32 heavy (non-hydrogen) atoms. The van der Waals surface area contributed by atoms with Crippen LogP contribution in [0, 0.1) is 5.92 Å². The van der Waals surface area contributed by atoms with Crippen LogP contribution in [-0.4, -0.2) is 48.3 Å². The Morgan fingerprint density at radius 3 is 2.72 bits per heavy atom. The summed E-state index contributed by atoms with van der Waals surface area (Å²) in [6, 6.07) is 6.86. The number of hydrogen-bond acceptors (Lipinski definition) is 6. The average molecular weight is 460 g/mol. The Labute approximate surface area is 188 Å². The first-order valence-corrected chi connectivity index (χ1v) is 12.2. The molecule has 0 saturated carbocycles. The van der Waals surface area contributed by atoms with E-state index >= 15 is 0 Å². The van der Waals surface area contributed by atoms with Gasteiger partial charge in [-0.05, 0) is 43.1 Å². The molecule has 2 heterocycles. The van der Waals surface area contributed by atoms with Crippen molar-refractivity contribution in [3.05, 3.63) is 53.3 Å². The van der Waals surface area contributed by atoms with Gasteiger partial charge in [0.05, 0.1) is 12.4 Å². The largest absolute Gasteiger partial charge is 0.493 e. The van der Waals surface area contributed by atoms with Crippen molar-refractivity contribution in [3.63, 3.8) is 0 Å². The fourth-order valence-electron chi connectivity index (χ4n) is 3.44. The van der Waals surface area contributed by atoms with E-state index in [4.69, 9.17) is 4.74 Å². The molecule has 0 amide bonds. The Morgan fingerprint density at radius 1 is 1.28 bits per heavy atom. The molecule has 0 saturated heterocycles. The molecule has 1 unspecified atom stereocenters. The number of carbonyl (C=O) groups is 1. The minimum atomic E-state index is -3.43. The number of aromatic nitrogens is 2. The number of nitrogens with zero attached hydrogens (tertiary/aromatic N) is 2. The summed E-state index contributed by atoms with van der Waals surface area (Å²) < 4.78 is 33.7. The summed E-state index contributed by atoms with van der Waals surface area (Å²) in [4.78, 5) is 17.5. The zero-order valence-electron chi connectivity index (χ0n) is 18.8. The first-order chi connectivity index (χ1) is 15.2. The maximum Gasteiger partial charge on any atom is 0.236 e. The monoisotopic (exact) mass is 459 g/mol. The summed E-state index contributed by atoms with van der Waals surface area (Å²) in [5.41, 5.74) is 1.85. The number of carbonyl (C=O) groups excluding carboxylic acids is 1. The van der Waals surface area contributed by atoms with Crippen molar-refractivity contribution in [3.8, 4) is 11.6 Å². The van der Waals surface area contributed by atoms with E-state index in [-0.39, 0.29) is 23.8 Å². The lowest BCUT2D eigenvalue weighted by Gasteiger charge is -2.14. The van der Waals surface area contributed by atoms with Crippen LogP contribution in [0.25, 0.3) is 10.9 Å². The molecule has 0 radical (unpaired) electrons. The van der Waals surface area contributed by atoms with Crippen molar-refractivity contribution in [2.75, 3.05) is 19.4 Å². The number of hydrogen-bond donors (Lipinski definition) is 2. The third kappa shape index (κ3) is 5.11. The predicted molar refractivity (Wildman–Crippen MR) is 124 cm³/mol. The van der Waals surface area contributed by atoms with Crippen molar-refractivity contribution >= 4 is 26.7 Å². The van der Waals surface area contributed by atoms with E-state index in [0.29, 0.717) is 45.9 Å². The zero-order chi connectivity index (χ0) is 23.5. The van der Waals surface area contributed by atoms with Gasteiger partial charge in [-0.2, -0.15) is 0 Å². The quantitative estimate of drug-likeness (QED) is 0.451. The van der Waals surface area contributed by atoms with Gasteiger partial charge in [0.25, 0.3) is 0 Å². The molecule has 0 aliphatic rings. The second kappa shape index (κ2) is 9.70. The van der Waals surface area contributed by atoms with Crippen LogP contribution < -0.4 is 9.46 Å². The predicted octanol–water partition coefficient (Wildman–Crippen LogP) is 3.03. The number of aromatic hydroxyl groups is 1. The third-order valence-corrected chi connectivity index (χ3v) is 6.99. The van der Waals surface area contributed by atoms with E-state index < -0.39 is 10.0 Å². The third-order valence-electron chi connectivity index (χ3n) is 5.62. The molecule has 3 aromatic rings. The Balaban J connectivity index is 2.04. The molecule has 172 valence electrons. The van der Waals surface area contributed by atoms with Crippen molar-refractivity contribution in [2.24, 2.45) is 13.0 Å². The first-order valence-electron chi connectivity index (χ1n) is 10.5. The van der Waals surface area contributed by atoms with Gasteiger partial charge < -0.3 is 14.4 Å². The highest BCUT2D eigenvalue weighted by Gasteiger charge is 2.22. The molecule has 2 N–H and O–H groups in total. The van der Waals surface area contributed by atoms with Crippen molar-refractivity contribution < 1.29 is 23.1 Å². The van der Waals surface area contributed by atoms with Crippen LogP contribution in [0.1, 0.15) is 41.8 Å². The smallest absolute Gasteiger partial charge is 0.236 e. The average Bonchev–Trinajstić information content (AvgIpc) is 3.13. The van der Waals surface area contributed by atoms with Gasteiger partial charge >= 0.3 is 0 Å². The van der Waals surface area contributed by atoms with Crippen molar-refractivity contribution in [2.45, 2.75) is 26.7 Å². The lowest BCUT2D eigenvalue weighted by molar-refractivity contribution is 0.103. The molecular weight excluding hydrogens is 430 g/mol. The molecular formula is C23H29N3O5S. The van der Waals surface area contributed by atoms with Gasteiger partial charge in [0.2, 0.25) is 15.9 Å². The SMILES string of the molecule is CCC(C)COc1ccc(CCS(=O)(=O)NC)c(C(=O)c2cn(C)c3c(O)nccc23)c1. The lowest BCUT2D eigenvalue weighted by Crippen LogP contribution is -2.23. The normalized spacial score (nSPS) is 12.8. The Hall–Kier alpha value is -2.91. The number of fused-ring (bicyclic) bond motifs is 1. The minimum absolute atomic E-state index is 0.142. The lowest BCUT2D eigenvalue weighted by atomic mass is 9.96. The molecule has 0 aliphatic heterocycles. The van der Waals surface area contributed by atoms with Gasteiger partial charge in [-0.25, -0.2) is 18.1 Å². The van der Waals surface area contributed by atoms with Gasteiger partial charge in [-0.3, -0.25) is 4.79 Å². The zero-order valence-corrected chi connectivity index (χ0v) is 19.6. The summed E-state index contributed by atoms with van der Waals surface area (Å²) in [6.07, 6.45) is 4.24. The Morgan fingerprint density at radius 2 is 2.03 bits per heavy atom. The van der Waals surface area contributed by atoms with E-state index in [9.17, 15) is 18.3 Å². The first kappa shape index (κ1) is 23.7. The summed E-state index contributed by atoms with van der Waals surface area (Å²) in [7, 11) is -0.340. The van der Waals surface area contributed by atoms with Crippen LogP contribution in [0.3, 0.4) is 0 Å². The van der Waals surface area contributed by atoms with Crippen LogP contribution in [0.4, 0.5) is 0 Å². The second-order valence-corrected chi connectivity index (χ2v) is 9.98. The van der Waals surface area contributed by atoms with E-state index in [1.165, 1.54) is 13.2 Å². The molecule has 8 nitrogen and oxygen atoms in total. The number of ketones is 1. The Bertz CT molecular complexity index is 1230. The van der Waals surface area contributed by atoms with Gasteiger partial charge in [0, 0.05) is 36.0 Å². The molecule has 0 spiro atoms. The molecule has 2 aromatic heterocycles. The van der Waals surface area contributed by atoms with E-state index in [0.717, 1.165) is 6.42 Å². The number of nitrogens with one attached hydrogen (secondary N) is 1. The topological polar surface area (TPSA) is 111 Å². The molecule has 1 atom stereocenters. The molecule has 0 fully saturated rings. The highest BCUT2D eigenvalue weighted by molar-refractivity contribution is 7.89. The van der Waals surface area contributed by atoms with E-state index in [2.05, 4.69) is 23.6 Å². The van der Waals surface area contributed by atoms with E-state index in [1.807, 2.05) is 0 Å². The minimum Gasteiger partial charge on any atom is -0.493 e. The number of ether oxygens (including phenoxy) is 1. The second-order valence-electron chi connectivity index (χ2n) is 7.93. The number of rotatable bonds is 10. The highest BCUT2D eigenvalue weighted by Crippen LogP contribution is 2.30. The number of benzene rings is 1. The summed E-state index contributed by atoms with van der Waals surface area (Å²) >= 11 is 0. The van der Waals surface area contributed by atoms with Crippen molar-refractivity contribution in [1.29, 1.82) is 0 Å². The maximum atomic E-state index is 13.6. The molecule has 1 aromatic carbocycles. The van der Waals surface area contributed by atoms with Crippen LogP contribution in [0.2, 0.25) is 0 Å². The fraction of sp³-hybridized carbons (Fsp3) is 0.391.